The summed E-state index contributed by atoms with van der Waals surface area (Å²) in [5.74, 6) is 0. The number of hydrogen-bond acceptors (Lipinski definition) is 6. The molecule has 7 nitrogen and oxygen atoms in total. The Hall–Kier alpha value is -1.33. The van der Waals surface area contributed by atoms with Crippen molar-refractivity contribution >= 4 is 31.4 Å². The van der Waals surface area contributed by atoms with E-state index in [2.05, 4.69) is 4.98 Å². The Bertz CT molecular complexity index is 992. The molecule has 0 N–H and O–H groups in total. The first-order valence-electron chi connectivity index (χ1n) is 8.69. The molecular formula is C17H23N3O4S3. The predicted molar refractivity (Wildman–Crippen MR) is 105 cm³/mol. The van der Waals surface area contributed by atoms with E-state index >= 15 is 0 Å². The van der Waals surface area contributed by atoms with E-state index in [1.165, 1.54) is 51.3 Å². The molecule has 0 atom stereocenters. The fourth-order valence-corrected chi connectivity index (χ4v) is 6.60. The molecule has 0 unspecified atom stereocenters. The molecule has 3 rings (SSSR count). The lowest BCUT2D eigenvalue weighted by molar-refractivity contribution is 0.346. The standard InChI is InChI=1S/C17H23N3O4S3/c1-14-18-12-15(25-14)13-19(2)26(21,22)16-6-8-17(9-7-16)27(23,24)20-10-4-3-5-11-20/h6-9,12H,3-5,10-11,13H2,1-2H3. The Kier molecular flexibility index (Phi) is 6.02. The second-order valence-corrected chi connectivity index (χ2v) is 11.8. The van der Waals surface area contributed by atoms with E-state index in [-0.39, 0.29) is 16.3 Å². The van der Waals surface area contributed by atoms with E-state index in [1.54, 1.807) is 6.20 Å². The predicted octanol–water partition coefficient (Wildman–Crippen LogP) is 2.45. The normalized spacial score (nSPS) is 16.7. The lowest BCUT2D eigenvalue weighted by atomic mass is 10.2. The number of hydrogen-bond donors (Lipinski definition) is 0. The third-order valence-electron chi connectivity index (χ3n) is 4.53. The van der Waals surface area contributed by atoms with Crippen LogP contribution in [0.3, 0.4) is 0 Å². The van der Waals surface area contributed by atoms with Gasteiger partial charge in [0.25, 0.3) is 0 Å². The highest BCUT2D eigenvalue weighted by molar-refractivity contribution is 7.89. The van der Waals surface area contributed by atoms with Gasteiger partial charge in [0, 0.05) is 37.8 Å². The van der Waals surface area contributed by atoms with Crippen LogP contribution in [-0.2, 0) is 26.6 Å². The van der Waals surface area contributed by atoms with Crippen LogP contribution in [0.15, 0.2) is 40.3 Å². The van der Waals surface area contributed by atoms with Gasteiger partial charge in [0.2, 0.25) is 20.0 Å². The van der Waals surface area contributed by atoms with Gasteiger partial charge in [-0.3, -0.25) is 0 Å². The first-order chi connectivity index (χ1) is 12.7. The minimum Gasteiger partial charge on any atom is -0.250 e. The van der Waals surface area contributed by atoms with Crippen molar-refractivity contribution in [1.29, 1.82) is 0 Å². The molecular weight excluding hydrogens is 406 g/mol. The van der Waals surface area contributed by atoms with Crippen molar-refractivity contribution in [3.05, 3.63) is 40.3 Å². The molecule has 1 aromatic carbocycles. The fraction of sp³-hybridized carbons (Fsp3) is 0.471. The second kappa shape index (κ2) is 7.96. The zero-order chi connectivity index (χ0) is 19.7. The van der Waals surface area contributed by atoms with Crippen LogP contribution in [0.25, 0.3) is 0 Å². The smallest absolute Gasteiger partial charge is 0.243 e. The summed E-state index contributed by atoms with van der Waals surface area (Å²) in [5.41, 5.74) is 0. The monoisotopic (exact) mass is 429 g/mol. The number of thiazole rings is 1. The Balaban J connectivity index is 1.79. The lowest BCUT2D eigenvalue weighted by Crippen LogP contribution is -2.35. The van der Waals surface area contributed by atoms with Gasteiger partial charge in [-0.2, -0.15) is 8.61 Å². The van der Waals surface area contributed by atoms with E-state index in [0.29, 0.717) is 13.1 Å². The summed E-state index contributed by atoms with van der Waals surface area (Å²) < 4.78 is 53.6. The maximum Gasteiger partial charge on any atom is 0.243 e. The molecule has 1 aliphatic heterocycles. The molecule has 2 aromatic rings. The van der Waals surface area contributed by atoms with Gasteiger partial charge in [-0.05, 0) is 44.0 Å². The van der Waals surface area contributed by atoms with Crippen LogP contribution < -0.4 is 0 Å². The van der Waals surface area contributed by atoms with Crippen molar-refractivity contribution in [2.75, 3.05) is 20.1 Å². The van der Waals surface area contributed by atoms with Crippen LogP contribution in [0.4, 0.5) is 0 Å². The van der Waals surface area contributed by atoms with Crippen LogP contribution >= 0.6 is 11.3 Å². The van der Waals surface area contributed by atoms with Crippen molar-refractivity contribution in [2.24, 2.45) is 0 Å². The summed E-state index contributed by atoms with van der Waals surface area (Å²) in [7, 11) is -5.78. The Morgan fingerprint density at radius 2 is 1.63 bits per heavy atom. The largest absolute Gasteiger partial charge is 0.250 e. The molecule has 0 aliphatic carbocycles. The van der Waals surface area contributed by atoms with E-state index < -0.39 is 20.0 Å². The summed E-state index contributed by atoms with van der Waals surface area (Å²) in [4.78, 5) is 5.18. The highest BCUT2D eigenvalue weighted by Gasteiger charge is 2.27. The molecule has 1 fully saturated rings. The van der Waals surface area contributed by atoms with E-state index in [4.69, 9.17) is 0 Å². The van der Waals surface area contributed by atoms with Gasteiger partial charge < -0.3 is 0 Å². The van der Waals surface area contributed by atoms with Gasteiger partial charge in [-0.15, -0.1) is 11.3 Å². The highest BCUT2D eigenvalue weighted by atomic mass is 32.2. The van der Waals surface area contributed by atoms with Crippen LogP contribution in [0.5, 0.6) is 0 Å². The molecule has 1 aliphatic rings. The van der Waals surface area contributed by atoms with Crippen molar-refractivity contribution in [2.45, 2.75) is 42.5 Å². The summed E-state index contributed by atoms with van der Waals surface area (Å²) in [6.45, 7) is 3.12. The zero-order valence-corrected chi connectivity index (χ0v) is 17.8. The van der Waals surface area contributed by atoms with Crippen molar-refractivity contribution in [3.63, 3.8) is 0 Å². The maximum atomic E-state index is 12.8. The SMILES string of the molecule is Cc1ncc(CN(C)S(=O)(=O)c2ccc(S(=O)(=O)N3CCCCC3)cc2)s1. The van der Waals surface area contributed by atoms with Gasteiger partial charge >= 0.3 is 0 Å². The molecule has 148 valence electrons. The molecule has 1 aromatic heterocycles. The Morgan fingerprint density at radius 1 is 1.04 bits per heavy atom. The number of aryl methyl sites for hydroxylation is 1. The Labute approximate surface area is 164 Å². The van der Waals surface area contributed by atoms with E-state index in [0.717, 1.165) is 29.1 Å². The summed E-state index contributed by atoms with van der Waals surface area (Å²) in [6, 6.07) is 5.48. The van der Waals surface area contributed by atoms with Crippen LogP contribution in [0.2, 0.25) is 0 Å². The van der Waals surface area contributed by atoms with E-state index in [1.807, 2.05) is 6.92 Å². The minimum absolute atomic E-state index is 0.0730. The van der Waals surface area contributed by atoms with Gasteiger partial charge in [0.05, 0.1) is 14.8 Å². The number of rotatable bonds is 6. The van der Waals surface area contributed by atoms with Crippen LogP contribution in [0, 0.1) is 6.92 Å². The molecule has 1 saturated heterocycles. The maximum absolute atomic E-state index is 12.8. The quantitative estimate of drug-likeness (QED) is 0.704. The van der Waals surface area contributed by atoms with Crippen LogP contribution in [0.1, 0.15) is 29.1 Å². The molecule has 0 radical (unpaired) electrons. The van der Waals surface area contributed by atoms with Gasteiger partial charge in [0.15, 0.2) is 0 Å². The Morgan fingerprint density at radius 3 is 2.19 bits per heavy atom. The summed E-state index contributed by atoms with van der Waals surface area (Å²) >= 11 is 1.45. The molecule has 27 heavy (non-hydrogen) atoms. The van der Waals surface area contributed by atoms with Crippen molar-refractivity contribution in [3.8, 4) is 0 Å². The van der Waals surface area contributed by atoms with Crippen LogP contribution in [-0.4, -0.2) is 50.6 Å². The summed E-state index contributed by atoms with van der Waals surface area (Å²) in [6.07, 6.45) is 4.41. The number of sulfonamides is 2. The topological polar surface area (TPSA) is 87.6 Å². The number of benzene rings is 1. The average Bonchev–Trinajstić information content (AvgIpc) is 3.07. The van der Waals surface area contributed by atoms with Gasteiger partial charge in [0.1, 0.15) is 0 Å². The lowest BCUT2D eigenvalue weighted by Gasteiger charge is -2.26. The second-order valence-electron chi connectivity index (χ2n) is 6.54. The number of aromatic nitrogens is 1. The minimum atomic E-state index is -3.71. The van der Waals surface area contributed by atoms with Gasteiger partial charge in [-0.25, -0.2) is 21.8 Å². The number of piperidine rings is 1. The molecule has 2 heterocycles. The number of nitrogens with zero attached hydrogens (tertiary/aromatic N) is 3. The summed E-state index contributed by atoms with van der Waals surface area (Å²) in [5, 5.41) is 0.878. The molecule has 10 heteroatoms. The molecule has 0 spiro atoms. The molecule has 0 bridgehead atoms. The fourth-order valence-electron chi connectivity index (χ4n) is 3.00. The zero-order valence-electron chi connectivity index (χ0n) is 15.3. The van der Waals surface area contributed by atoms with Crippen molar-refractivity contribution in [1.82, 2.24) is 13.6 Å². The third-order valence-corrected chi connectivity index (χ3v) is 9.16. The molecule has 0 saturated carbocycles. The average molecular weight is 430 g/mol. The van der Waals surface area contributed by atoms with Gasteiger partial charge in [-0.1, -0.05) is 6.42 Å². The molecule has 0 amide bonds. The first kappa shape index (κ1) is 20.4. The van der Waals surface area contributed by atoms with E-state index in [9.17, 15) is 16.8 Å². The highest BCUT2D eigenvalue weighted by Crippen LogP contribution is 2.24. The third kappa shape index (κ3) is 4.40. The first-order valence-corrected chi connectivity index (χ1v) is 12.4. The van der Waals surface area contributed by atoms with Crippen molar-refractivity contribution < 1.29 is 16.8 Å².